The van der Waals surface area contributed by atoms with Crippen LogP contribution in [0.5, 0.6) is 0 Å². The average molecular weight is 278 g/mol. The van der Waals surface area contributed by atoms with E-state index in [0.717, 1.165) is 0 Å². The fourth-order valence-corrected chi connectivity index (χ4v) is 1.57. The normalized spacial score (nSPS) is 9.95. The van der Waals surface area contributed by atoms with Gasteiger partial charge in [-0.05, 0) is 24.3 Å². The van der Waals surface area contributed by atoms with E-state index in [9.17, 15) is 9.59 Å². The molecular formula is C12H8ClN3O3. The second-order valence-electron chi connectivity index (χ2n) is 3.53. The lowest BCUT2D eigenvalue weighted by Gasteiger charge is -2.06. The van der Waals surface area contributed by atoms with Crippen molar-refractivity contribution in [3.63, 3.8) is 0 Å². The Labute approximate surface area is 113 Å². The number of hydrogen-bond donors (Lipinski definition) is 2. The van der Waals surface area contributed by atoms with Crippen LogP contribution in [0.25, 0.3) is 0 Å². The maximum Gasteiger partial charge on any atom is 0.339 e. The van der Waals surface area contributed by atoms with Crippen molar-refractivity contribution in [3.8, 4) is 0 Å². The summed E-state index contributed by atoms with van der Waals surface area (Å²) in [5.74, 6) is -1.70. The lowest BCUT2D eigenvalue weighted by molar-refractivity contribution is 0.0697. The maximum absolute atomic E-state index is 11.9. The maximum atomic E-state index is 11.9. The first-order chi connectivity index (χ1) is 9.08. The van der Waals surface area contributed by atoms with Gasteiger partial charge in [0.15, 0.2) is 0 Å². The van der Waals surface area contributed by atoms with Gasteiger partial charge in [-0.1, -0.05) is 11.6 Å². The van der Waals surface area contributed by atoms with Gasteiger partial charge in [0.2, 0.25) is 0 Å². The van der Waals surface area contributed by atoms with Gasteiger partial charge in [-0.25, -0.2) is 14.8 Å². The summed E-state index contributed by atoms with van der Waals surface area (Å²) < 4.78 is 0. The molecule has 0 aliphatic rings. The molecular weight excluding hydrogens is 270 g/mol. The van der Waals surface area contributed by atoms with Crippen LogP contribution in [-0.2, 0) is 0 Å². The fourth-order valence-electron chi connectivity index (χ4n) is 1.40. The molecule has 0 saturated carbocycles. The van der Waals surface area contributed by atoms with Crippen LogP contribution in [-0.4, -0.2) is 27.0 Å². The number of carbonyl (C=O) groups excluding carboxylic acids is 1. The molecule has 19 heavy (non-hydrogen) atoms. The number of anilines is 1. The number of halogens is 1. The van der Waals surface area contributed by atoms with E-state index in [2.05, 4.69) is 15.3 Å². The molecule has 0 radical (unpaired) electrons. The Balaban J connectivity index is 2.27. The first-order valence-corrected chi connectivity index (χ1v) is 5.57. The molecule has 7 heteroatoms. The van der Waals surface area contributed by atoms with Crippen molar-refractivity contribution < 1.29 is 14.7 Å². The Hall–Kier alpha value is -2.47. The number of carboxylic acids is 1. The zero-order chi connectivity index (χ0) is 13.8. The number of carboxylic acid groups (broad SMARTS) is 1. The number of aromatic carboxylic acids is 1. The van der Waals surface area contributed by atoms with Crippen LogP contribution < -0.4 is 5.32 Å². The lowest BCUT2D eigenvalue weighted by atomic mass is 10.2. The van der Waals surface area contributed by atoms with Crippen molar-refractivity contribution in [1.82, 2.24) is 9.97 Å². The summed E-state index contributed by atoms with van der Waals surface area (Å²) in [6.45, 7) is 0. The van der Waals surface area contributed by atoms with Crippen LogP contribution in [0.4, 0.5) is 5.82 Å². The molecule has 2 rings (SSSR count). The van der Waals surface area contributed by atoms with Gasteiger partial charge < -0.3 is 10.4 Å². The Morgan fingerprint density at radius 2 is 2.00 bits per heavy atom. The molecule has 2 aromatic rings. The zero-order valence-electron chi connectivity index (χ0n) is 9.50. The second-order valence-corrected chi connectivity index (χ2v) is 3.91. The summed E-state index contributed by atoms with van der Waals surface area (Å²) in [6.07, 6.45) is 2.77. The summed E-state index contributed by atoms with van der Waals surface area (Å²) in [4.78, 5) is 30.5. The SMILES string of the molecule is O=C(Nc1ncccc1C(=O)O)c1ccnc(Cl)c1. The van der Waals surface area contributed by atoms with Gasteiger partial charge >= 0.3 is 5.97 Å². The number of nitrogens with one attached hydrogen (secondary N) is 1. The van der Waals surface area contributed by atoms with E-state index in [-0.39, 0.29) is 22.1 Å². The highest BCUT2D eigenvalue weighted by Gasteiger charge is 2.14. The molecule has 0 atom stereocenters. The molecule has 0 aliphatic heterocycles. The van der Waals surface area contributed by atoms with Crippen LogP contribution in [0.3, 0.4) is 0 Å². The zero-order valence-corrected chi connectivity index (χ0v) is 10.3. The molecule has 0 spiro atoms. The summed E-state index contributed by atoms with van der Waals surface area (Å²) in [5.41, 5.74) is 0.179. The van der Waals surface area contributed by atoms with Crippen LogP contribution in [0.15, 0.2) is 36.7 Å². The molecule has 0 fully saturated rings. The summed E-state index contributed by atoms with van der Waals surface area (Å²) in [6, 6.07) is 5.66. The Morgan fingerprint density at radius 3 is 2.68 bits per heavy atom. The Morgan fingerprint density at radius 1 is 1.21 bits per heavy atom. The van der Waals surface area contributed by atoms with E-state index < -0.39 is 11.9 Å². The molecule has 0 saturated heterocycles. The molecule has 0 aromatic carbocycles. The van der Waals surface area contributed by atoms with Gasteiger partial charge in [0.05, 0.1) is 0 Å². The summed E-state index contributed by atoms with van der Waals surface area (Å²) >= 11 is 5.67. The van der Waals surface area contributed by atoms with Crippen molar-refractivity contribution in [2.75, 3.05) is 5.32 Å². The van der Waals surface area contributed by atoms with Gasteiger partial charge in [-0.3, -0.25) is 4.79 Å². The third-order valence-electron chi connectivity index (χ3n) is 2.26. The number of carbonyl (C=O) groups is 2. The highest BCUT2D eigenvalue weighted by atomic mass is 35.5. The van der Waals surface area contributed by atoms with Crippen molar-refractivity contribution in [2.24, 2.45) is 0 Å². The molecule has 1 amide bonds. The quantitative estimate of drug-likeness (QED) is 0.838. The number of nitrogens with zero attached hydrogens (tertiary/aromatic N) is 2. The molecule has 2 aromatic heterocycles. The molecule has 0 bridgehead atoms. The van der Waals surface area contributed by atoms with Crippen LogP contribution in [0, 0.1) is 0 Å². The first-order valence-electron chi connectivity index (χ1n) is 5.19. The Bertz CT molecular complexity index is 646. The van der Waals surface area contributed by atoms with E-state index in [1.807, 2.05) is 0 Å². The van der Waals surface area contributed by atoms with Crippen molar-refractivity contribution in [3.05, 3.63) is 52.9 Å². The lowest BCUT2D eigenvalue weighted by Crippen LogP contribution is -2.16. The second kappa shape index (κ2) is 5.45. The highest BCUT2D eigenvalue weighted by Crippen LogP contribution is 2.14. The molecule has 2 heterocycles. The number of rotatable bonds is 3. The predicted molar refractivity (Wildman–Crippen MR) is 68.4 cm³/mol. The third-order valence-corrected chi connectivity index (χ3v) is 2.47. The van der Waals surface area contributed by atoms with Gasteiger partial charge in [0, 0.05) is 18.0 Å². The van der Waals surface area contributed by atoms with Crippen LogP contribution >= 0.6 is 11.6 Å². The molecule has 6 nitrogen and oxygen atoms in total. The summed E-state index contributed by atoms with van der Waals surface area (Å²) in [7, 11) is 0. The van der Waals surface area contributed by atoms with Crippen LogP contribution in [0.2, 0.25) is 5.15 Å². The van der Waals surface area contributed by atoms with Crippen molar-refractivity contribution in [1.29, 1.82) is 0 Å². The van der Waals surface area contributed by atoms with Crippen molar-refractivity contribution in [2.45, 2.75) is 0 Å². The Kier molecular flexibility index (Phi) is 3.72. The average Bonchev–Trinajstić information content (AvgIpc) is 2.39. The predicted octanol–water partition coefficient (Wildman–Crippen LogP) is 2.08. The molecule has 0 aliphatic carbocycles. The molecule has 0 unspecified atom stereocenters. The van der Waals surface area contributed by atoms with Gasteiger partial charge in [0.25, 0.3) is 5.91 Å². The number of amides is 1. The minimum absolute atomic E-state index is 0.0204. The number of hydrogen-bond acceptors (Lipinski definition) is 4. The smallest absolute Gasteiger partial charge is 0.339 e. The van der Waals surface area contributed by atoms with E-state index >= 15 is 0 Å². The number of aromatic nitrogens is 2. The fraction of sp³-hybridized carbons (Fsp3) is 0. The first kappa shape index (κ1) is 13.0. The monoisotopic (exact) mass is 277 g/mol. The van der Waals surface area contributed by atoms with E-state index in [1.54, 1.807) is 0 Å². The van der Waals surface area contributed by atoms with E-state index in [0.29, 0.717) is 0 Å². The van der Waals surface area contributed by atoms with Gasteiger partial charge in [0.1, 0.15) is 16.5 Å². The third kappa shape index (κ3) is 3.05. The molecule has 2 N–H and O–H groups in total. The standard InChI is InChI=1S/C12H8ClN3O3/c13-9-6-7(3-5-14-9)11(17)16-10-8(12(18)19)2-1-4-15-10/h1-6H,(H,18,19)(H,15,16,17). The largest absolute Gasteiger partial charge is 0.478 e. The summed E-state index contributed by atoms with van der Waals surface area (Å²) in [5, 5.41) is 11.6. The van der Waals surface area contributed by atoms with E-state index in [1.165, 1.54) is 36.7 Å². The van der Waals surface area contributed by atoms with Gasteiger partial charge in [-0.15, -0.1) is 0 Å². The van der Waals surface area contributed by atoms with Gasteiger partial charge in [-0.2, -0.15) is 0 Å². The molecule has 96 valence electrons. The van der Waals surface area contributed by atoms with Crippen LogP contribution in [0.1, 0.15) is 20.7 Å². The van der Waals surface area contributed by atoms with E-state index in [4.69, 9.17) is 16.7 Å². The minimum atomic E-state index is -1.17. The topological polar surface area (TPSA) is 92.2 Å². The van der Waals surface area contributed by atoms with Crippen molar-refractivity contribution >= 4 is 29.3 Å². The highest BCUT2D eigenvalue weighted by molar-refractivity contribution is 6.29. The minimum Gasteiger partial charge on any atom is -0.478 e. The number of pyridine rings is 2.